The van der Waals surface area contributed by atoms with Gasteiger partial charge in [0.05, 0.1) is 12.1 Å². The fraction of sp³-hybridized carbons (Fsp3) is 0.348. The number of amides is 1. The lowest BCUT2D eigenvalue weighted by atomic mass is 9.87. The second-order valence-corrected chi connectivity index (χ2v) is 7.75. The molecule has 0 radical (unpaired) electrons. The second kappa shape index (κ2) is 7.32. The van der Waals surface area contributed by atoms with Crippen LogP contribution in [0.15, 0.2) is 54.6 Å². The van der Waals surface area contributed by atoms with E-state index in [1.165, 1.54) is 22.2 Å². The van der Waals surface area contributed by atoms with Gasteiger partial charge in [-0.05, 0) is 43.0 Å². The van der Waals surface area contributed by atoms with Gasteiger partial charge in [-0.15, -0.1) is 0 Å². The smallest absolute Gasteiger partial charge is 0.407 e. The highest BCUT2D eigenvalue weighted by Gasteiger charge is 2.39. The van der Waals surface area contributed by atoms with Crippen LogP contribution in [-0.4, -0.2) is 35.1 Å². The first-order valence-corrected chi connectivity index (χ1v) is 10.1. The van der Waals surface area contributed by atoms with Crippen molar-refractivity contribution in [3.63, 3.8) is 0 Å². The SMILES string of the molecule is O=C(N[C@H]1CCCN2CCc3c([nH]c4ccccc34)[C@@H]12)OCc1ccccc1. The zero-order valence-electron chi connectivity index (χ0n) is 15.9. The van der Waals surface area contributed by atoms with Gasteiger partial charge in [-0.2, -0.15) is 0 Å². The second-order valence-electron chi connectivity index (χ2n) is 7.75. The average Bonchev–Trinajstić information content (AvgIpc) is 3.12. The van der Waals surface area contributed by atoms with Crippen LogP contribution in [0.25, 0.3) is 10.9 Å². The van der Waals surface area contributed by atoms with Gasteiger partial charge in [0.1, 0.15) is 6.61 Å². The molecule has 1 amide bonds. The van der Waals surface area contributed by atoms with Crippen molar-refractivity contribution >= 4 is 17.0 Å². The highest BCUT2D eigenvalue weighted by Crippen LogP contribution is 2.39. The van der Waals surface area contributed by atoms with Crippen LogP contribution >= 0.6 is 0 Å². The fourth-order valence-electron chi connectivity index (χ4n) is 4.77. The lowest BCUT2D eigenvalue weighted by molar-refractivity contribution is 0.0857. The van der Waals surface area contributed by atoms with Gasteiger partial charge in [-0.3, -0.25) is 4.90 Å². The molecule has 2 aliphatic rings. The van der Waals surface area contributed by atoms with Gasteiger partial charge < -0.3 is 15.0 Å². The van der Waals surface area contributed by atoms with Crippen LogP contribution in [0.5, 0.6) is 0 Å². The van der Waals surface area contributed by atoms with Crippen LogP contribution < -0.4 is 5.32 Å². The maximum Gasteiger partial charge on any atom is 0.407 e. The number of alkyl carbamates (subject to hydrolysis) is 1. The van der Waals surface area contributed by atoms with Crippen molar-refractivity contribution in [1.82, 2.24) is 15.2 Å². The molecule has 5 heteroatoms. The van der Waals surface area contributed by atoms with Crippen molar-refractivity contribution in [3.05, 3.63) is 71.4 Å². The number of aromatic nitrogens is 1. The Kier molecular flexibility index (Phi) is 4.53. The minimum Gasteiger partial charge on any atom is -0.445 e. The van der Waals surface area contributed by atoms with Gasteiger partial charge in [-0.25, -0.2) is 4.79 Å². The zero-order valence-corrected chi connectivity index (χ0v) is 15.9. The number of ether oxygens (including phenoxy) is 1. The van der Waals surface area contributed by atoms with E-state index in [4.69, 9.17) is 4.74 Å². The first kappa shape index (κ1) is 17.3. The minimum absolute atomic E-state index is 0.0594. The molecule has 3 heterocycles. The number of H-pyrrole nitrogens is 1. The van der Waals surface area contributed by atoms with Crippen LogP contribution in [-0.2, 0) is 17.8 Å². The number of aromatic amines is 1. The molecule has 28 heavy (non-hydrogen) atoms. The van der Waals surface area contributed by atoms with Crippen molar-refractivity contribution in [2.75, 3.05) is 13.1 Å². The van der Waals surface area contributed by atoms with E-state index < -0.39 is 0 Å². The molecule has 1 aromatic heterocycles. The molecule has 3 aromatic rings. The van der Waals surface area contributed by atoms with Crippen molar-refractivity contribution < 1.29 is 9.53 Å². The summed E-state index contributed by atoms with van der Waals surface area (Å²) >= 11 is 0. The van der Waals surface area contributed by atoms with Gasteiger partial charge in [0.15, 0.2) is 0 Å². The molecule has 0 aliphatic carbocycles. The Balaban J connectivity index is 1.35. The number of carbonyl (C=O) groups excluding carboxylic acids is 1. The molecule has 0 saturated carbocycles. The van der Waals surface area contributed by atoms with E-state index in [0.29, 0.717) is 6.61 Å². The van der Waals surface area contributed by atoms with E-state index in [1.54, 1.807) is 0 Å². The molecule has 0 bridgehead atoms. The molecule has 0 spiro atoms. The Hall–Kier alpha value is -2.79. The highest BCUT2D eigenvalue weighted by molar-refractivity contribution is 5.85. The largest absolute Gasteiger partial charge is 0.445 e. The number of piperidine rings is 1. The summed E-state index contributed by atoms with van der Waals surface area (Å²) in [7, 11) is 0. The van der Waals surface area contributed by atoms with E-state index >= 15 is 0 Å². The third kappa shape index (κ3) is 3.16. The number of rotatable bonds is 3. The molecule has 5 nitrogen and oxygen atoms in total. The van der Waals surface area contributed by atoms with Crippen molar-refractivity contribution in [1.29, 1.82) is 0 Å². The number of carbonyl (C=O) groups is 1. The van der Waals surface area contributed by atoms with Crippen molar-refractivity contribution in [2.24, 2.45) is 0 Å². The van der Waals surface area contributed by atoms with Gasteiger partial charge in [0.25, 0.3) is 0 Å². The summed E-state index contributed by atoms with van der Waals surface area (Å²) in [5, 5.41) is 4.46. The van der Waals surface area contributed by atoms with Crippen LogP contribution in [0.2, 0.25) is 0 Å². The van der Waals surface area contributed by atoms with E-state index in [0.717, 1.165) is 37.9 Å². The standard InChI is InChI=1S/C23H25N3O2/c27-23(28-15-16-7-2-1-3-8-16)25-20-11-6-13-26-14-12-18-17-9-4-5-10-19(17)24-21(18)22(20)26/h1-5,7-10,20,22,24H,6,11-15H2,(H,25,27)/t20-,22+/m0/s1. The minimum atomic E-state index is -0.334. The average molecular weight is 375 g/mol. The predicted molar refractivity (Wildman–Crippen MR) is 109 cm³/mol. The lowest BCUT2D eigenvalue weighted by Gasteiger charge is -2.44. The van der Waals surface area contributed by atoms with Crippen molar-refractivity contribution in [2.45, 2.75) is 38.0 Å². The van der Waals surface area contributed by atoms with Crippen LogP contribution in [0, 0.1) is 0 Å². The summed E-state index contributed by atoms with van der Waals surface area (Å²) in [5.41, 5.74) is 4.85. The summed E-state index contributed by atoms with van der Waals surface area (Å²) in [5.74, 6) is 0. The number of nitrogens with one attached hydrogen (secondary N) is 2. The number of hydrogen-bond acceptors (Lipinski definition) is 3. The Morgan fingerprint density at radius 2 is 1.93 bits per heavy atom. The van der Waals surface area contributed by atoms with Gasteiger partial charge in [0.2, 0.25) is 0 Å². The van der Waals surface area contributed by atoms with E-state index in [2.05, 4.69) is 39.5 Å². The number of hydrogen-bond donors (Lipinski definition) is 2. The Labute approximate surface area is 164 Å². The normalized spacial score (nSPS) is 21.7. The highest BCUT2D eigenvalue weighted by atomic mass is 16.5. The van der Waals surface area contributed by atoms with E-state index in [-0.39, 0.29) is 18.2 Å². The third-order valence-corrected chi connectivity index (χ3v) is 6.04. The molecule has 1 saturated heterocycles. The Bertz CT molecular complexity index is 982. The van der Waals surface area contributed by atoms with E-state index in [1.807, 2.05) is 30.3 Å². The number of para-hydroxylation sites is 1. The van der Waals surface area contributed by atoms with Gasteiger partial charge in [0, 0.05) is 23.1 Å². The zero-order chi connectivity index (χ0) is 18.9. The lowest BCUT2D eigenvalue weighted by Crippen LogP contribution is -2.52. The number of fused-ring (bicyclic) bond motifs is 5. The molecule has 2 N–H and O–H groups in total. The topological polar surface area (TPSA) is 57.4 Å². The number of benzene rings is 2. The molecular formula is C23H25N3O2. The summed E-state index contributed by atoms with van der Waals surface area (Å²) in [6.45, 7) is 2.42. The summed E-state index contributed by atoms with van der Waals surface area (Å²) in [6, 6.07) is 18.5. The van der Waals surface area contributed by atoms with Crippen molar-refractivity contribution in [3.8, 4) is 0 Å². The summed E-state index contributed by atoms with van der Waals surface area (Å²) < 4.78 is 5.48. The molecule has 5 rings (SSSR count). The van der Waals surface area contributed by atoms with Crippen LogP contribution in [0.3, 0.4) is 0 Å². The fourth-order valence-corrected chi connectivity index (χ4v) is 4.77. The number of nitrogens with zero attached hydrogens (tertiary/aromatic N) is 1. The summed E-state index contributed by atoms with van der Waals surface area (Å²) in [4.78, 5) is 18.6. The van der Waals surface area contributed by atoms with E-state index in [9.17, 15) is 4.79 Å². The molecular weight excluding hydrogens is 350 g/mol. The third-order valence-electron chi connectivity index (χ3n) is 6.04. The Morgan fingerprint density at radius 3 is 2.82 bits per heavy atom. The van der Waals surface area contributed by atoms with Gasteiger partial charge >= 0.3 is 6.09 Å². The maximum atomic E-state index is 12.5. The molecule has 1 fully saturated rings. The molecule has 0 unspecified atom stereocenters. The quantitative estimate of drug-likeness (QED) is 0.723. The molecule has 2 aromatic carbocycles. The first-order chi connectivity index (χ1) is 13.8. The molecule has 2 atom stereocenters. The maximum absolute atomic E-state index is 12.5. The van der Waals surface area contributed by atoms with Gasteiger partial charge in [-0.1, -0.05) is 48.5 Å². The summed E-state index contributed by atoms with van der Waals surface area (Å²) in [6.07, 6.45) is 2.78. The van der Waals surface area contributed by atoms with Crippen LogP contribution in [0.1, 0.15) is 35.7 Å². The molecule has 2 aliphatic heterocycles. The monoisotopic (exact) mass is 375 g/mol. The molecule has 144 valence electrons. The predicted octanol–water partition coefficient (Wildman–Crippen LogP) is 4.16. The first-order valence-electron chi connectivity index (χ1n) is 10.1. The Morgan fingerprint density at radius 1 is 1.11 bits per heavy atom. The van der Waals surface area contributed by atoms with Crippen LogP contribution in [0.4, 0.5) is 4.79 Å².